The summed E-state index contributed by atoms with van der Waals surface area (Å²) in [4.78, 5) is 18.1. The van der Waals surface area contributed by atoms with E-state index in [9.17, 15) is 30.5 Å². The first-order valence-electron chi connectivity index (χ1n) is 38.8. The number of benzene rings is 5. The Labute approximate surface area is 704 Å². The van der Waals surface area contributed by atoms with Crippen LogP contribution in [0, 0.1) is 10.1 Å². The van der Waals surface area contributed by atoms with Crippen molar-refractivity contribution in [2.24, 2.45) is 5.73 Å². The highest BCUT2D eigenvalue weighted by atomic mass is 79.9. The number of rotatable bonds is 6. The van der Waals surface area contributed by atoms with Crippen molar-refractivity contribution in [3.63, 3.8) is 0 Å². The van der Waals surface area contributed by atoms with E-state index in [-0.39, 0.29) is 128 Å². The molecule has 20 rings (SSSR count). The molecule has 12 N–H and O–H groups in total. The monoisotopic (exact) mass is 1750 g/mol. The zero-order valence-corrected chi connectivity index (χ0v) is 71.5. The van der Waals surface area contributed by atoms with Crippen LogP contribution in [0.5, 0.6) is 57.5 Å². The van der Waals surface area contributed by atoms with Gasteiger partial charge in [-0.2, -0.15) is 0 Å². The predicted octanol–water partition coefficient (Wildman–Crippen LogP) is 1.98. The highest BCUT2D eigenvalue weighted by molar-refractivity contribution is 5.92. The molecule has 0 fully saturated rings. The zero-order chi connectivity index (χ0) is 78.1. The number of methoxy groups -OCH3 is 5. The minimum absolute atomic E-state index is 0. The number of aliphatic hydroxyl groups excluding tert-OH is 4. The summed E-state index contributed by atoms with van der Waals surface area (Å²) in [6.45, 7) is 6.93. The van der Waals surface area contributed by atoms with Crippen molar-refractivity contribution in [1.82, 2.24) is 14.7 Å². The lowest BCUT2D eigenvalue weighted by Crippen LogP contribution is -3.00. The van der Waals surface area contributed by atoms with Crippen LogP contribution in [0.1, 0.15) is 120 Å². The first-order chi connectivity index (χ1) is 53.2. The molecule has 0 radical (unpaired) electrons. The molecule has 0 unspecified atom stereocenters. The molecule has 30 heteroatoms. The van der Waals surface area contributed by atoms with E-state index in [1.165, 1.54) is 29.9 Å². The molecule has 0 amide bonds. The van der Waals surface area contributed by atoms with Crippen molar-refractivity contribution in [2.75, 3.05) is 121 Å². The molecule has 10 heterocycles. The van der Waals surface area contributed by atoms with Crippen LogP contribution in [0.2, 0.25) is 0 Å². The van der Waals surface area contributed by atoms with Gasteiger partial charge in [-0.1, -0.05) is 66.8 Å². The molecule has 0 saturated heterocycles. The lowest BCUT2D eigenvalue weighted by molar-refractivity contribution is -0.493. The SMILES string of the molecule is COc1cc(N)c2c3c1O[C@@H]1C[C@@H](O)C=C[C@]31CC[N+](C)=C2.COc1cc(N)c2c3c1O[C@@H]1C[C@H](O)C=C[C@]31CCN(C)C2.COc1cc(N)c2c3c1O[C@@H]1C[C@H](O)C=C[C@]31CC[N+](C)=C2.COc1cc([N+](=O)[O-])c2c3c1O[C@@H]1C[C@H](O)C=C[C@]31CCN(C)C2.COc1ccc2c3c1O[C@@H]1C[C@@H](N)C=C[C@]31CCN(C)C2.Cl.Cl.[Br-].[Br-]. The van der Waals surface area contributed by atoms with E-state index in [0.29, 0.717) is 77.9 Å². The minimum Gasteiger partial charge on any atom is -1.00 e. The molecule has 0 saturated carbocycles. The molecule has 0 bridgehead atoms. The average molecular weight is 1760 g/mol. The van der Waals surface area contributed by atoms with Crippen LogP contribution in [0.15, 0.2) is 97.2 Å². The Morgan fingerprint density at radius 3 is 1.19 bits per heavy atom. The summed E-state index contributed by atoms with van der Waals surface area (Å²) in [7, 11) is 18.5. The Morgan fingerprint density at radius 2 is 0.783 bits per heavy atom. The second-order valence-electron chi connectivity index (χ2n) is 32.9. The van der Waals surface area contributed by atoms with Crippen molar-refractivity contribution in [1.29, 1.82) is 0 Å². The number of halogens is 4. The number of anilines is 3. The summed E-state index contributed by atoms with van der Waals surface area (Å²) in [5, 5.41) is 51.6. The van der Waals surface area contributed by atoms with E-state index >= 15 is 0 Å². The number of nitro groups is 1. The molecule has 26 nitrogen and oxygen atoms in total. The fourth-order valence-corrected chi connectivity index (χ4v) is 20.6. The molecule has 622 valence electrons. The van der Waals surface area contributed by atoms with Crippen LogP contribution < -0.4 is 104 Å². The molecule has 5 aliphatic carbocycles. The van der Waals surface area contributed by atoms with Gasteiger partial charge in [0.2, 0.25) is 0 Å². The number of nitrogens with zero attached hydrogens (tertiary/aromatic N) is 6. The first-order valence-corrected chi connectivity index (χ1v) is 38.8. The normalized spacial score (nSPS) is 31.1. The third-order valence-corrected chi connectivity index (χ3v) is 26.2. The lowest BCUT2D eigenvalue weighted by atomic mass is 9.69. The quantitative estimate of drug-likeness (QED) is 0.0396. The van der Waals surface area contributed by atoms with Crippen LogP contribution in [0.4, 0.5) is 22.7 Å². The topological polar surface area (TPSA) is 336 Å². The minimum atomic E-state index is -0.555. The van der Waals surface area contributed by atoms with Gasteiger partial charge in [-0.15, -0.1) is 24.8 Å². The van der Waals surface area contributed by atoms with E-state index in [1.807, 2.05) is 55.6 Å². The Kier molecular flexibility index (Phi) is 24.9. The fraction of sp³-hybridized carbons (Fsp3) is 0.506. The molecule has 5 spiro atoms. The van der Waals surface area contributed by atoms with Crippen molar-refractivity contribution in [2.45, 2.75) is 172 Å². The fourth-order valence-electron chi connectivity index (χ4n) is 20.6. The summed E-state index contributed by atoms with van der Waals surface area (Å²) in [5.74, 6) is 7.17. The number of nitro benzene ring substituents is 1. The van der Waals surface area contributed by atoms with Gasteiger partial charge in [0.25, 0.3) is 5.69 Å². The van der Waals surface area contributed by atoms with Crippen LogP contribution in [0.3, 0.4) is 0 Å². The van der Waals surface area contributed by atoms with Gasteiger partial charge >= 0.3 is 0 Å². The van der Waals surface area contributed by atoms with E-state index in [0.717, 1.165) is 152 Å². The molecule has 5 aromatic rings. The summed E-state index contributed by atoms with van der Waals surface area (Å²) in [6.07, 6.45) is 30.1. The second-order valence-corrected chi connectivity index (χ2v) is 32.9. The number of nitrogens with two attached hydrogens (primary N) is 4. The lowest BCUT2D eigenvalue weighted by Gasteiger charge is -2.36. The number of hydrogen-bond acceptors (Lipinski definition) is 23. The molecule has 0 aromatic heterocycles. The molecular formula is C85H108Br2Cl2N10O16. The first kappa shape index (κ1) is 86.5. The Bertz CT molecular complexity index is 4680. The summed E-state index contributed by atoms with van der Waals surface area (Å²) in [5.41, 5.74) is 36.9. The smallest absolute Gasteiger partial charge is 0.278 e. The highest BCUT2D eigenvalue weighted by Gasteiger charge is 2.59. The third kappa shape index (κ3) is 14.4. The molecule has 5 aromatic carbocycles. The van der Waals surface area contributed by atoms with Gasteiger partial charge in [-0.25, -0.2) is 9.15 Å². The Hall–Kier alpha value is -7.84. The molecular weight excluding hydrogens is 1650 g/mol. The predicted molar refractivity (Wildman–Crippen MR) is 435 cm³/mol. The van der Waals surface area contributed by atoms with E-state index in [4.69, 9.17) is 70.3 Å². The standard InChI is InChI=1S/C17H20N2O5.C17H22N2O3.2C17H20N2O3.C17H22N2O2.2BrH.2ClH/c1-18-6-5-17-4-3-10(20)7-14(17)24-16-13(23-2)8-12(19(21)22)11(9-18)15(16)17;3*1-19-6-5-17-4-3-10(20)7-14(17)22-16-13(21-2)8-12(18)11(9-19)15(16)17;1-19-8-7-17-6-5-12(18)9-14(17)21-16-13(20-2)4-3-11(10-19)15(16)17;;;;/h3-4,8,10,14,20H,5-7,9H2,1-2H3;3-4,8,10,14,20H,5-7,9,18H2,1-2H3;2*3-4,8-10,14,18,20H,5-7H2,1-2H3;3-6,12,14H,7-10,18H2,1-2H3;4*1H/t2*10-,14-,17-;10-,14+,17+;10-,14-,17-;12-,14+,17+;;;;/m11010..../s1. The van der Waals surface area contributed by atoms with E-state index in [1.54, 1.807) is 34.5 Å². The third-order valence-electron chi connectivity index (χ3n) is 26.2. The maximum Gasteiger partial charge on any atom is 0.278 e. The molecule has 115 heavy (non-hydrogen) atoms. The van der Waals surface area contributed by atoms with Gasteiger partial charge < -0.3 is 139 Å². The van der Waals surface area contributed by atoms with Crippen LogP contribution >= 0.6 is 24.8 Å². The van der Waals surface area contributed by atoms with Crippen molar-refractivity contribution in [3.05, 3.63) is 163 Å². The summed E-state index contributed by atoms with van der Waals surface area (Å²) in [6, 6.07) is 11.3. The van der Waals surface area contributed by atoms with Crippen LogP contribution in [0.25, 0.3) is 0 Å². The molecule has 15 atom stereocenters. The van der Waals surface area contributed by atoms with Gasteiger partial charge in [0.1, 0.15) is 57.7 Å². The average Bonchev–Trinajstić information content (AvgIpc) is 1.59. The number of nitrogen functional groups attached to an aromatic ring is 3. The Balaban J connectivity index is 0.000000132. The van der Waals surface area contributed by atoms with Gasteiger partial charge in [-0.3, -0.25) is 10.1 Å². The van der Waals surface area contributed by atoms with Gasteiger partial charge in [-0.05, 0) is 77.2 Å². The van der Waals surface area contributed by atoms with E-state index < -0.39 is 29.8 Å². The van der Waals surface area contributed by atoms with Gasteiger partial charge in [0, 0.05) is 134 Å². The second kappa shape index (κ2) is 33.2. The number of aliphatic hydroxyl groups is 4. The maximum atomic E-state index is 11.6. The number of ether oxygens (including phenoxy) is 10. The Morgan fingerprint density at radius 1 is 0.452 bits per heavy atom. The van der Waals surface area contributed by atoms with Gasteiger partial charge in [0.05, 0.1) is 115 Å². The van der Waals surface area contributed by atoms with Crippen LogP contribution in [-0.4, -0.2) is 226 Å². The molecule has 10 aliphatic heterocycles. The number of hydrogen-bond donors (Lipinski definition) is 8. The summed E-state index contributed by atoms with van der Waals surface area (Å²) >= 11 is 0. The summed E-state index contributed by atoms with van der Waals surface area (Å²) < 4.78 is 63.0. The van der Waals surface area contributed by atoms with Crippen molar-refractivity contribution >= 4 is 60.0 Å². The highest BCUT2D eigenvalue weighted by Crippen LogP contribution is 2.62. The largest absolute Gasteiger partial charge is 1.00 e. The van der Waals surface area contributed by atoms with E-state index in [2.05, 4.69) is 101 Å². The van der Waals surface area contributed by atoms with Crippen LogP contribution in [-0.2, 0) is 46.7 Å². The van der Waals surface area contributed by atoms with Crippen molar-refractivity contribution < 1.29 is 116 Å². The molecule has 15 aliphatic rings. The van der Waals surface area contributed by atoms with Gasteiger partial charge in [0.15, 0.2) is 69.9 Å². The zero-order valence-electron chi connectivity index (χ0n) is 66.6. The van der Waals surface area contributed by atoms with Crippen molar-refractivity contribution in [3.8, 4) is 57.5 Å². The maximum absolute atomic E-state index is 11.6.